The van der Waals surface area contributed by atoms with Crippen LogP contribution in [-0.4, -0.2) is 43.0 Å². The van der Waals surface area contributed by atoms with E-state index in [2.05, 4.69) is 98.3 Å². The van der Waals surface area contributed by atoms with Gasteiger partial charge in [0.1, 0.15) is 0 Å². The summed E-state index contributed by atoms with van der Waals surface area (Å²) in [6.07, 6.45) is 26.2. The van der Waals surface area contributed by atoms with Crippen LogP contribution in [0.4, 0.5) is 5.69 Å². The Bertz CT molecular complexity index is 1330. The van der Waals surface area contributed by atoms with E-state index in [1.807, 2.05) is 17.2 Å². The molecule has 0 saturated carbocycles. The maximum atomic E-state index is 14.1. The van der Waals surface area contributed by atoms with Crippen molar-refractivity contribution in [2.75, 3.05) is 31.1 Å². The van der Waals surface area contributed by atoms with Gasteiger partial charge in [0.25, 0.3) is 0 Å². The van der Waals surface area contributed by atoms with E-state index in [0.717, 1.165) is 63.8 Å². The zero-order valence-corrected chi connectivity index (χ0v) is 25.9. The molecule has 0 aromatic heterocycles. The van der Waals surface area contributed by atoms with Gasteiger partial charge in [0, 0.05) is 31.4 Å². The zero-order chi connectivity index (χ0) is 29.5. The second-order valence-electron chi connectivity index (χ2n) is 12.3. The number of anilines is 1. The average Bonchev–Trinajstić information content (AvgIpc) is 3.13. The summed E-state index contributed by atoms with van der Waals surface area (Å²) in [5, 5.41) is 3.43. The summed E-state index contributed by atoms with van der Waals surface area (Å²) >= 11 is 0. The lowest BCUT2D eigenvalue weighted by molar-refractivity contribution is -0.120. The molecule has 0 bridgehead atoms. The van der Waals surface area contributed by atoms with Gasteiger partial charge in [0.15, 0.2) is 0 Å². The molecule has 1 amide bonds. The Balaban J connectivity index is 1.36. The first-order valence-electron chi connectivity index (χ1n) is 16.2. The quantitative estimate of drug-likeness (QED) is 0.197. The van der Waals surface area contributed by atoms with E-state index in [-0.39, 0.29) is 5.91 Å². The number of amides is 1. The number of likely N-dealkylation sites (tertiary alicyclic amines) is 1. The summed E-state index contributed by atoms with van der Waals surface area (Å²) in [6, 6.07) is 8.90. The highest BCUT2D eigenvalue weighted by Crippen LogP contribution is 2.44. The van der Waals surface area contributed by atoms with Gasteiger partial charge in [-0.25, -0.2) is 0 Å². The molecule has 1 aromatic carbocycles. The van der Waals surface area contributed by atoms with Crippen LogP contribution in [0.25, 0.3) is 0 Å². The highest BCUT2D eigenvalue weighted by atomic mass is 16.2. The predicted molar refractivity (Wildman–Crippen MR) is 177 cm³/mol. The van der Waals surface area contributed by atoms with Crippen LogP contribution in [0.15, 0.2) is 108 Å². The van der Waals surface area contributed by atoms with E-state index < -0.39 is 0 Å². The Hall–Kier alpha value is -3.37. The molecule has 1 heterocycles. The first-order chi connectivity index (χ1) is 20.5. The number of fused-ring (bicyclic) bond motifs is 2. The van der Waals surface area contributed by atoms with Gasteiger partial charge in [-0.3, -0.25) is 9.69 Å². The molecule has 0 radical (unpaired) electrons. The highest BCUT2D eigenvalue weighted by Gasteiger charge is 2.42. The molecule has 222 valence electrons. The molecule has 4 aliphatic rings. The largest absolute Gasteiger partial charge is 0.391 e. The molecule has 1 unspecified atom stereocenters. The normalized spacial score (nSPS) is 24.9. The van der Waals surface area contributed by atoms with Crippen molar-refractivity contribution in [3.05, 3.63) is 114 Å². The van der Waals surface area contributed by atoms with Crippen molar-refractivity contribution < 1.29 is 4.79 Å². The molecule has 1 N–H and O–H groups in total. The smallest absolute Gasteiger partial charge is 0.241 e. The lowest BCUT2D eigenvalue weighted by Crippen LogP contribution is -2.44. The fourth-order valence-corrected chi connectivity index (χ4v) is 7.20. The standard InChI is InChI=1S/C38H49N3O/c1-5-8-21-39-22-20-37-28(4)36(31-13-11-15-34-32(25-31)17-16-30-18-19-35(30)34)26-40(37)27-38(42)41(23-9-6-2)33-14-10-12-29(7-3)24-33/h5,8,10-15,18-19,21,24-25,28,31,36-37,39H,1,6-7,9,16-17,20,22-23,26-27H2,2-4H3/b21-8-/t28-,31?,36+,37+/m1/s1. The summed E-state index contributed by atoms with van der Waals surface area (Å²) in [7, 11) is 0. The Morgan fingerprint density at radius 2 is 2.10 bits per heavy atom. The summed E-state index contributed by atoms with van der Waals surface area (Å²) in [4.78, 5) is 18.6. The Labute approximate surface area is 253 Å². The molecule has 5 rings (SSSR count). The van der Waals surface area contributed by atoms with Crippen molar-refractivity contribution in [1.29, 1.82) is 0 Å². The Kier molecular flexibility index (Phi) is 10.2. The number of allylic oxidation sites excluding steroid dienone is 12. The molecule has 1 fully saturated rings. The number of nitrogens with zero attached hydrogens (tertiary/aromatic N) is 2. The fraction of sp³-hybridized carbons (Fsp3) is 0.447. The summed E-state index contributed by atoms with van der Waals surface area (Å²) in [6.45, 7) is 13.6. The van der Waals surface area contributed by atoms with Crippen molar-refractivity contribution in [2.24, 2.45) is 17.8 Å². The SMILES string of the molecule is C=C/C=C\NCC[C@H]1[C@H](C)[C@@H](C2C=CC=C3C(=C2)CCC2=C3C=C2)CN1CC(=O)N(CCCC)c1cccc(CC)c1. The Morgan fingerprint density at radius 3 is 2.86 bits per heavy atom. The van der Waals surface area contributed by atoms with Gasteiger partial charge in [-0.1, -0.05) is 88.4 Å². The minimum absolute atomic E-state index is 0.219. The molecular weight excluding hydrogens is 514 g/mol. The minimum Gasteiger partial charge on any atom is -0.391 e. The van der Waals surface area contributed by atoms with Crippen LogP contribution in [0.5, 0.6) is 0 Å². The highest BCUT2D eigenvalue weighted by molar-refractivity contribution is 5.95. The zero-order valence-electron chi connectivity index (χ0n) is 25.9. The van der Waals surface area contributed by atoms with E-state index in [4.69, 9.17) is 0 Å². The van der Waals surface area contributed by atoms with Crippen LogP contribution < -0.4 is 10.2 Å². The fourth-order valence-electron chi connectivity index (χ4n) is 7.20. The van der Waals surface area contributed by atoms with E-state index in [1.165, 1.54) is 27.9 Å². The maximum absolute atomic E-state index is 14.1. The van der Waals surface area contributed by atoms with Crippen molar-refractivity contribution in [3.8, 4) is 0 Å². The van der Waals surface area contributed by atoms with Crippen LogP contribution >= 0.6 is 0 Å². The van der Waals surface area contributed by atoms with Crippen molar-refractivity contribution >= 4 is 11.6 Å². The van der Waals surface area contributed by atoms with Crippen LogP contribution in [0.3, 0.4) is 0 Å². The minimum atomic E-state index is 0.219. The van der Waals surface area contributed by atoms with Gasteiger partial charge in [0.05, 0.1) is 6.54 Å². The van der Waals surface area contributed by atoms with Crippen LogP contribution in [0, 0.1) is 17.8 Å². The van der Waals surface area contributed by atoms with Crippen LogP contribution in [-0.2, 0) is 11.2 Å². The summed E-state index contributed by atoms with van der Waals surface area (Å²) in [5.74, 6) is 1.55. The van der Waals surface area contributed by atoms with Gasteiger partial charge in [-0.2, -0.15) is 0 Å². The second-order valence-corrected chi connectivity index (χ2v) is 12.3. The lowest BCUT2D eigenvalue weighted by atomic mass is 9.76. The number of unbranched alkanes of at least 4 members (excludes halogenated alkanes) is 1. The molecule has 0 spiro atoms. The third-order valence-electron chi connectivity index (χ3n) is 9.72. The predicted octanol–water partition coefficient (Wildman–Crippen LogP) is 7.70. The molecule has 4 atom stereocenters. The van der Waals surface area contributed by atoms with Crippen molar-refractivity contribution in [3.63, 3.8) is 0 Å². The van der Waals surface area contributed by atoms with E-state index >= 15 is 0 Å². The number of rotatable bonds is 13. The van der Waals surface area contributed by atoms with E-state index in [9.17, 15) is 4.79 Å². The van der Waals surface area contributed by atoms with Gasteiger partial charge in [-0.15, -0.1) is 0 Å². The van der Waals surface area contributed by atoms with Gasteiger partial charge >= 0.3 is 0 Å². The monoisotopic (exact) mass is 563 g/mol. The molecule has 3 aliphatic carbocycles. The lowest BCUT2D eigenvalue weighted by Gasteiger charge is -2.30. The molecule has 1 aromatic rings. The van der Waals surface area contributed by atoms with Gasteiger partial charge in [-0.05, 0) is 102 Å². The van der Waals surface area contributed by atoms with E-state index in [1.54, 1.807) is 6.08 Å². The third-order valence-corrected chi connectivity index (χ3v) is 9.72. The van der Waals surface area contributed by atoms with Gasteiger partial charge in [0.2, 0.25) is 5.91 Å². The number of hydrogen-bond donors (Lipinski definition) is 1. The topological polar surface area (TPSA) is 35.6 Å². The number of aryl methyl sites for hydroxylation is 1. The first-order valence-corrected chi connectivity index (χ1v) is 16.2. The average molecular weight is 564 g/mol. The van der Waals surface area contributed by atoms with Crippen molar-refractivity contribution in [1.82, 2.24) is 10.2 Å². The molecular formula is C38H49N3O. The summed E-state index contributed by atoms with van der Waals surface area (Å²) in [5.41, 5.74) is 8.20. The molecule has 1 aliphatic heterocycles. The van der Waals surface area contributed by atoms with Gasteiger partial charge < -0.3 is 10.2 Å². The molecule has 1 saturated heterocycles. The number of nitrogens with one attached hydrogen (secondary N) is 1. The first kappa shape index (κ1) is 30.1. The number of carbonyl (C=O) groups is 1. The third kappa shape index (κ3) is 6.65. The second kappa shape index (κ2) is 14.2. The molecule has 42 heavy (non-hydrogen) atoms. The number of carbonyl (C=O) groups excluding carboxylic acids is 1. The maximum Gasteiger partial charge on any atom is 0.241 e. The number of benzene rings is 1. The number of hydrogen-bond acceptors (Lipinski definition) is 3. The van der Waals surface area contributed by atoms with Crippen LogP contribution in [0.1, 0.15) is 58.4 Å². The molecule has 4 heteroatoms. The Morgan fingerprint density at radius 1 is 1.21 bits per heavy atom. The van der Waals surface area contributed by atoms with Crippen LogP contribution in [0.2, 0.25) is 0 Å². The molecule has 4 nitrogen and oxygen atoms in total. The van der Waals surface area contributed by atoms with E-state index in [0.29, 0.717) is 30.3 Å². The van der Waals surface area contributed by atoms with Crippen molar-refractivity contribution in [2.45, 2.75) is 65.3 Å². The summed E-state index contributed by atoms with van der Waals surface area (Å²) < 4.78 is 0.